The number of rotatable bonds is 9. The summed E-state index contributed by atoms with van der Waals surface area (Å²) in [5, 5.41) is 3.50. The van der Waals surface area contributed by atoms with Gasteiger partial charge in [0.15, 0.2) is 0 Å². The lowest BCUT2D eigenvalue weighted by atomic mass is 10.2. The van der Waals surface area contributed by atoms with Crippen LogP contribution in [0.25, 0.3) is 0 Å². The van der Waals surface area contributed by atoms with Crippen molar-refractivity contribution in [3.8, 4) is 0 Å². The highest BCUT2D eigenvalue weighted by Gasteiger charge is 2.20. The normalized spacial score (nSPS) is 21.3. The zero-order valence-electron chi connectivity index (χ0n) is 14.2. The topological polar surface area (TPSA) is 27.7 Å². The summed E-state index contributed by atoms with van der Waals surface area (Å²) < 4.78 is 5.84. The largest absolute Gasteiger partial charge is 0.374 e. The Morgan fingerprint density at radius 1 is 1.30 bits per heavy atom. The first kappa shape index (κ1) is 17.9. The summed E-state index contributed by atoms with van der Waals surface area (Å²) in [5.41, 5.74) is 0. The highest BCUT2D eigenvalue weighted by atomic mass is 16.5. The molecule has 1 aliphatic rings. The molecule has 0 unspecified atom stereocenters. The molecule has 4 heteroatoms. The van der Waals surface area contributed by atoms with E-state index in [0.29, 0.717) is 12.0 Å². The van der Waals surface area contributed by atoms with E-state index in [9.17, 15) is 0 Å². The van der Waals surface area contributed by atoms with Crippen LogP contribution in [0.1, 0.15) is 29.1 Å². The molecule has 0 aromatic carbocycles. The molecular weight excluding hydrogens is 250 g/mol. The number of nitrogens with one attached hydrogen (secondary N) is 1. The van der Waals surface area contributed by atoms with E-state index in [0.717, 1.165) is 51.8 Å². The smallest absolute Gasteiger partial charge is 0.0826 e. The van der Waals surface area contributed by atoms with Gasteiger partial charge in [0.05, 0.1) is 12.7 Å². The second-order valence-electron chi connectivity index (χ2n) is 7.00. The Hall–Kier alpha value is -0.160. The van der Waals surface area contributed by atoms with Gasteiger partial charge in [-0.05, 0) is 25.4 Å². The highest BCUT2D eigenvalue weighted by molar-refractivity contribution is 4.74. The van der Waals surface area contributed by atoms with E-state index in [1.54, 1.807) is 0 Å². The molecule has 1 atom stereocenters. The van der Waals surface area contributed by atoms with Crippen LogP contribution in [0.15, 0.2) is 0 Å². The SMILES string of the molecule is CC(C)CNC[C@@H]1CN(CCN(C)CC(C)C)CCO1.[HH]. The molecule has 122 valence electrons. The molecular formula is C16H37N3O. The van der Waals surface area contributed by atoms with Crippen LogP contribution in [-0.4, -0.2) is 75.4 Å². The standard InChI is InChI=1S/C16H35N3O.H2/c1-14(2)10-17-11-16-13-19(8-9-20-16)7-6-18(5)12-15(3)4;/h14-17H,6-13H2,1-5H3;1H/t16-;/m1./s1. The maximum atomic E-state index is 5.84. The predicted octanol–water partition coefficient (Wildman–Crippen LogP) is 1.77. The van der Waals surface area contributed by atoms with Crippen LogP contribution in [0.5, 0.6) is 0 Å². The van der Waals surface area contributed by atoms with Crippen molar-refractivity contribution >= 4 is 0 Å². The van der Waals surface area contributed by atoms with Gasteiger partial charge in [0.2, 0.25) is 0 Å². The maximum absolute atomic E-state index is 5.84. The molecule has 0 aliphatic carbocycles. The van der Waals surface area contributed by atoms with E-state index in [4.69, 9.17) is 4.74 Å². The van der Waals surface area contributed by atoms with Crippen LogP contribution < -0.4 is 5.32 Å². The van der Waals surface area contributed by atoms with Crippen molar-refractivity contribution < 1.29 is 6.16 Å². The fourth-order valence-electron chi connectivity index (χ4n) is 2.67. The van der Waals surface area contributed by atoms with Gasteiger partial charge in [0.1, 0.15) is 0 Å². The van der Waals surface area contributed by atoms with Crippen molar-refractivity contribution in [2.24, 2.45) is 11.8 Å². The van der Waals surface area contributed by atoms with Crippen LogP contribution in [0.2, 0.25) is 0 Å². The van der Waals surface area contributed by atoms with Crippen molar-refractivity contribution in [3.63, 3.8) is 0 Å². The summed E-state index contributed by atoms with van der Waals surface area (Å²) in [6.07, 6.45) is 0.359. The molecule has 1 heterocycles. The van der Waals surface area contributed by atoms with Crippen LogP contribution in [-0.2, 0) is 4.74 Å². The lowest BCUT2D eigenvalue weighted by molar-refractivity contribution is -0.0290. The van der Waals surface area contributed by atoms with Gasteiger partial charge in [0, 0.05) is 40.7 Å². The number of morpholine rings is 1. The quantitative estimate of drug-likeness (QED) is 0.699. The fourth-order valence-corrected chi connectivity index (χ4v) is 2.67. The average Bonchev–Trinajstić information content (AvgIpc) is 2.36. The average molecular weight is 287 g/mol. The second-order valence-corrected chi connectivity index (χ2v) is 7.00. The van der Waals surface area contributed by atoms with E-state index in [1.165, 1.54) is 6.54 Å². The van der Waals surface area contributed by atoms with Crippen molar-refractivity contribution in [1.82, 2.24) is 15.1 Å². The summed E-state index contributed by atoms with van der Waals surface area (Å²) in [5.74, 6) is 1.46. The molecule has 0 radical (unpaired) electrons. The first-order valence-corrected chi connectivity index (χ1v) is 8.20. The molecule has 0 aromatic heterocycles. The maximum Gasteiger partial charge on any atom is 0.0826 e. The molecule has 1 N–H and O–H groups in total. The Bertz CT molecular complexity index is 252. The Morgan fingerprint density at radius 2 is 2.05 bits per heavy atom. The predicted molar refractivity (Wildman–Crippen MR) is 88.3 cm³/mol. The van der Waals surface area contributed by atoms with Crippen LogP contribution in [0.3, 0.4) is 0 Å². The van der Waals surface area contributed by atoms with Crippen LogP contribution >= 0.6 is 0 Å². The molecule has 0 saturated carbocycles. The molecule has 20 heavy (non-hydrogen) atoms. The summed E-state index contributed by atoms with van der Waals surface area (Å²) in [7, 11) is 2.22. The third-order valence-electron chi connectivity index (χ3n) is 3.62. The summed E-state index contributed by atoms with van der Waals surface area (Å²) in [6.45, 7) is 17.6. The monoisotopic (exact) mass is 287 g/mol. The van der Waals surface area contributed by atoms with Gasteiger partial charge >= 0.3 is 0 Å². The van der Waals surface area contributed by atoms with E-state index >= 15 is 0 Å². The Morgan fingerprint density at radius 3 is 2.70 bits per heavy atom. The van der Waals surface area contributed by atoms with Gasteiger partial charge < -0.3 is 15.0 Å². The molecule has 0 aromatic rings. The molecule has 0 spiro atoms. The number of likely N-dealkylation sites (N-methyl/N-ethyl adjacent to an activating group) is 1. The minimum Gasteiger partial charge on any atom is -0.374 e. The third-order valence-corrected chi connectivity index (χ3v) is 3.62. The lowest BCUT2D eigenvalue weighted by Crippen LogP contribution is -2.48. The van der Waals surface area contributed by atoms with Crippen molar-refractivity contribution in [2.45, 2.75) is 33.8 Å². The number of nitrogens with zero attached hydrogens (tertiary/aromatic N) is 2. The minimum absolute atomic E-state index is 0. The van der Waals surface area contributed by atoms with Crippen molar-refractivity contribution in [2.75, 3.05) is 59.5 Å². The van der Waals surface area contributed by atoms with Gasteiger partial charge in [-0.1, -0.05) is 27.7 Å². The molecule has 0 bridgehead atoms. The van der Waals surface area contributed by atoms with E-state index in [2.05, 4.69) is 49.9 Å². The molecule has 1 saturated heterocycles. The summed E-state index contributed by atoms with van der Waals surface area (Å²) in [4.78, 5) is 4.98. The number of hydrogen-bond acceptors (Lipinski definition) is 4. The molecule has 1 fully saturated rings. The van der Waals surface area contributed by atoms with Crippen LogP contribution in [0, 0.1) is 11.8 Å². The molecule has 1 aliphatic heterocycles. The fraction of sp³-hybridized carbons (Fsp3) is 1.00. The first-order valence-electron chi connectivity index (χ1n) is 8.20. The highest BCUT2D eigenvalue weighted by Crippen LogP contribution is 2.05. The first-order chi connectivity index (χ1) is 9.47. The minimum atomic E-state index is 0. The second kappa shape index (κ2) is 9.72. The van der Waals surface area contributed by atoms with E-state index in [-0.39, 0.29) is 1.43 Å². The van der Waals surface area contributed by atoms with Gasteiger partial charge in [-0.2, -0.15) is 0 Å². The molecule has 4 nitrogen and oxygen atoms in total. The molecule has 1 rings (SSSR count). The van der Waals surface area contributed by atoms with Crippen molar-refractivity contribution in [3.05, 3.63) is 0 Å². The van der Waals surface area contributed by atoms with Gasteiger partial charge in [-0.15, -0.1) is 0 Å². The van der Waals surface area contributed by atoms with Gasteiger partial charge in [-0.3, -0.25) is 4.90 Å². The van der Waals surface area contributed by atoms with Crippen LogP contribution in [0.4, 0.5) is 0 Å². The molecule has 0 amide bonds. The third kappa shape index (κ3) is 8.20. The Kier molecular flexibility index (Phi) is 8.69. The lowest BCUT2D eigenvalue weighted by Gasteiger charge is -2.34. The number of ether oxygens (including phenoxy) is 1. The summed E-state index contributed by atoms with van der Waals surface area (Å²) in [6, 6.07) is 0. The zero-order valence-corrected chi connectivity index (χ0v) is 14.2. The van der Waals surface area contributed by atoms with E-state index < -0.39 is 0 Å². The van der Waals surface area contributed by atoms with E-state index in [1.807, 2.05) is 0 Å². The number of hydrogen-bond donors (Lipinski definition) is 1. The zero-order chi connectivity index (χ0) is 15.0. The summed E-state index contributed by atoms with van der Waals surface area (Å²) >= 11 is 0. The van der Waals surface area contributed by atoms with Gasteiger partial charge in [-0.25, -0.2) is 0 Å². The Labute approximate surface area is 127 Å². The van der Waals surface area contributed by atoms with Gasteiger partial charge in [0.25, 0.3) is 0 Å². The Balaban J connectivity index is 0.00000400. The van der Waals surface area contributed by atoms with Crippen molar-refractivity contribution in [1.29, 1.82) is 0 Å².